The van der Waals surface area contributed by atoms with E-state index >= 15 is 0 Å². The van der Waals surface area contributed by atoms with Gasteiger partial charge in [0.25, 0.3) is 0 Å². The molecule has 0 heterocycles. The summed E-state index contributed by atoms with van der Waals surface area (Å²) in [6, 6.07) is 6.61. The highest BCUT2D eigenvalue weighted by molar-refractivity contribution is 5.78. The van der Waals surface area contributed by atoms with Crippen LogP contribution in [0.2, 0.25) is 0 Å². The quantitative estimate of drug-likeness (QED) is 0.380. The topological polar surface area (TPSA) is 74.6 Å². The summed E-state index contributed by atoms with van der Waals surface area (Å²) in [7, 11) is 0. The van der Waals surface area contributed by atoms with Gasteiger partial charge in [-0.25, -0.2) is 0 Å². The highest BCUT2D eigenvalue weighted by Gasteiger charge is 2.49. The van der Waals surface area contributed by atoms with E-state index in [0.29, 0.717) is 0 Å². The summed E-state index contributed by atoms with van der Waals surface area (Å²) in [5.74, 6) is -1.20. The maximum atomic E-state index is 11.2. The van der Waals surface area contributed by atoms with Gasteiger partial charge in [0.15, 0.2) is 0 Å². The molecule has 0 atom stereocenters. The lowest BCUT2D eigenvalue weighted by Crippen LogP contribution is -2.14. The van der Waals surface area contributed by atoms with Gasteiger partial charge in [0.05, 0.1) is 10.8 Å². The number of hydrogen-bond acceptors (Lipinski definition) is 2. The first-order valence-corrected chi connectivity index (χ1v) is 11.4. The molecule has 4 nitrogen and oxygen atoms in total. The van der Waals surface area contributed by atoms with E-state index in [9.17, 15) is 19.8 Å². The number of carboxylic acid groups (broad SMARTS) is 2. The van der Waals surface area contributed by atoms with Crippen LogP contribution >= 0.6 is 0 Å². The third kappa shape index (κ3) is 5.61. The fraction of sp³-hybridized carbons (Fsp3) is 0.680. The van der Waals surface area contributed by atoms with Crippen molar-refractivity contribution in [2.24, 2.45) is 10.8 Å². The summed E-state index contributed by atoms with van der Waals surface area (Å²) in [4.78, 5) is 22.5. The van der Waals surface area contributed by atoms with E-state index in [1.54, 1.807) is 0 Å². The molecule has 3 rings (SSSR count). The molecule has 1 aromatic rings. The van der Waals surface area contributed by atoms with Crippen LogP contribution in [-0.2, 0) is 22.4 Å². The number of rotatable bonds is 14. The molecule has 2 fully saturated rings. The summed E-state index contributed by atoms with van der Waals surface area (Å²) >= 11 is 0. The Hall–Kier alpha value is -1.84. The van der Waals surface area contributed by atoms with Gasteiger partial charge in [0.2, 0.25) is 0 Å². The summed E-state index contributed by atoms with van der Waals surface area (Å²) < 4.78 is 0. The SMILES string of the molecule is Cc1c(CCCCCC2(C(=O)O)CC2)cccc1CCCCCC1(C(=O)O)CC1. The Labute approximate surface area is 174 Å². The van der Waals surface area contributed by atoms with E-state index < -0.39 is 11.9 Å². The Bertz CT molecular complexity index is 670. The minimum absolute atomic E-state index is 0.376. The Kier molecular flexibility index (Phi) is 7.02. The van der Waals surface area contributed by atoms with Gasteiger partial charge in [0.1, 0.15) is 0 Å². The van der Waals surface area contributed by atoms with Gasteiger partial charge in [-0.15, -0.1) is 0 Å². The van der Waals surface area contributed by atoms with Gasteiger partial charge in [-0.05, 0) is 87.8 Å². The number of carbonyl (C=O) groups is 2. The molecule has 1 aromatic carbocycles. The van der Waals surface area contributed by atoms with Crippen LogP contribution in [0, 0.1) is 17.8 Å². The molecule has 4 heteroatoms. The van der Waals surface area contributed by atoms with Crippen molar-refractivity contribution in [1.29, 1.82) is 0 Å². The van der Waals surface area contributed by atoms with E-state index in [0.717, 1.165) is 89.9 Å². The zero-order valence-corrected chi connectivity index (χ0v) is 17.8. The molecule has 0 amide bonds. The van der Waals surface area contributed by atoms with Crippen molar-refractivity contribution in [3.63, 3.8) is 0 Å². The standard InChI is InChI=1S/C25H36O4/c1-19-20(9-4-2-6-13-24(15-16-24)22(26)27)11-8-12-21(19)10-5-3-7-14-25(17-18-25)23(28)29/h8,11-12H,2-7,9-10,13-18H2,1H3,(H,26,27)(H,28,29). The predicted octanol–water partition coefficient (Wildman–Crippen LogP) is 5.93. The predicted molar refractivity (Wildman–Crippen MR) is 114 cm³/mol. The van der Waals surface area contributed by atoms with E-state index in [4.69, 9.17) is 0 Å². The van der Waals surface area contributed by atoms with Gasteiger partial charge in [-0.1, -0.05) is 43.9 Å². The maximum Gasteiger partial charge on any atom is 0.309 e. The number of hydrogen-bond donors (Lipinski definition) is 2. The third-order valence-electron chi connectivity index (χ3n) is 7.38. The Morgan fingerprint density at radius 1 is 0.759 bits per heavy atom. The average molecular weight is 401 g/mol. The molecular formula is C25H36O4. The zero-order chi connectivity index (χ0) is 20.9. The Balaban J connectivity index is 1.34. The molecule has 0 aromatic heterocycles. The first kappa shape index (κ1) is 21.9. The van der Waals surface area contributed by atoms with Crippen LogP contribution in [0.3, 0.4) is 0 Å². The van der Waals surface area contributed by atoms with Crippen molar-refractivity contribution in [2.75, 3.05) is 0 Å². The number of carboxylic acids is 2. The van der Waals surface area contributed by atoms with Crippen molar-refractivity contribution < 1.29 is 19.8 Å². The largest absolute Gasteiger partial charge is 0.481 e. The van der Waals surface area contributed by atoms with Crippen molar-refractivity contribution in [1.82, 2.24) is 0 Å². The van der Waals surface area contributed by atoms with Crippen molar-refractivity contribution in [3.05, 3.63) is 34.9 Å². The van der Waals surface area contributed by atoms with E-state index in [1.807, 2.05) is 0 Å². The van der Waals surface area contributed by atoms with Crippen LogP contribution in [0.25, 0.3) is 0 Å². The molecule has 0 saturated heterocycles. The number of aliphatic carboxylic acids is 2. The molecule has 0 aliphatic heterocycles. The molecule has 2 aliphatic rings. The Morgan fingerprint density at radius 2 is 1.17 bits per heavy atom. The normalized spacial score (nSPS) is 18.4. The lowest BCUT2D eigenvalue weighted by Gasteiger charge is -2.13. The molecule has 2 aliphatic carbocycles. The zero-order valence-electron chi connectivity index (χ0n) is 17.8. The van der Waals surface area contributed by atoms with E-state index in [1.165, 1.54) is 16.7 Å². The lowest BCUT2D eigenvalue weighted by atomic mass is 9.93. The van der Waals surface area contributed by atoms with Crippen molar-refractivity contribution >= 4 is 11.9 Å². The van der Waals surface area contributed by atoms with Crippen LogP contribution in [0.4, 0.5) is 0 Å². The number of benzene rings is 1. The van der Waals surface area contributed by atoms with Crippen LogP contribution in [0.15, 0.2) is 18.2 Å². The van der Waals surface area contributed by atoms with Crippen LogP contribution < -0.4 is 0 Å². The highest BCUT2D eigenvalue weighted by atomic mass is 16.4. The first-order chi connectivity index (χ1) is 13.9. The maximum absolute atomic E-state index is 11.2. The second kappa shape index (κ2) is 9.32. The second-order valence-corrected chi connectivity index (χ2v) is 9.49. The summed E-state index contributed by atoms with van der Waals surface area (Å²) in [5, 5.41) is 18.5. The second-order valence-electron chi connectivity index (χ2n) is 9.49. The van der Waals surface area contributed by atoms with E-state index in [2.05, 4.69) is 25.1 Å². The molecule has 2 N–H and O–H groups in total. The fourth-order valence-electron chi connectivity index (χ4n) is 4.63. The number of aryl methyl sites for hydroxylation is 2. The van der Waals surface area contributed by atoms with Gasteiger partial charge >= 0.3 is 11.9 Å². The molecule has 0 bridgehead atoms. The summed E-state index contributed by atoms with van der Waals surface area (Å²) in [6.07, 6.45) is 13.7. The van der Waals surface area contributed by atoms with Crippen molar-refractivity contribution in [3.8, 4) is 0 Å². The van der Waals surface area contributed by atoms with Crippen LogP contribution in [0.1, 0.15) is 93.7 Å². The molecule has 2 saturated carbocycles. The summed E-state index contributed by atoms with van der Waals surface area (Å²) in [5.41, 5.74) is 3.49. The fourth-order valence-corrected chi connectivity index (χ4v) is 4.63. The van der Waals surface area contributed by atoms with Crippen LogP contribution in [0.5, 0.6) is 0 Å². The first-order valence-electron chi connectivity index (χ1n) is 11.4. The minimum atomic E-state index is -0.601. The molecule has 29 heavy (non-hydrogen) atoms. The molecule has 0 radical (unpaired) electrons. The highest BCUT2D eigenvalue weighted by Crippen LogP contribution is 2.50. The van der Waals surface area contributed by atoms with E-state index in [-0.39, 0.29) is 10.8 Å². The molecule has 160 valence electrons. The summed E-state index contributed by atoms with van der Waals surface area (Å²) in [6.45, 7) is 2.22. The molecular weight excluding hydrogens is 364 g/mol. The number of unbranched alkanes of at least 4 members (excludes halogenated alkanes) is 4. The molecule has 0 unspecified atom stereocenters. The smallest absolute Gasteiger partial charge is 0.309 e. The van der Waals surface area contributed by atoms with Gasteiger partial charge in [-0.2, -0.15) is 0 Å². The minimum Gasteiger partial charge on any atom is -0.481 e. The Morgan fingerprint density at radius 3 is 1.52 bits per heavy atom. The average Bonchev–Trinajstić information content (AvgIpc) is 3.59. The lowest BCUT2D eigenvalue weighted by molar-refractivity contribution is -0.144. The third-order valence-corrected chi connectivity index (χ3v) is 7.38. The van der Waals surface area contributed by atoms with Gasteiger partial charge < -0.3 is 10.2 Å². The van der Waals surface area contributed by atoms with Gasteiger partial charge in [-0.3, -0.25) is 9.59 Å². The monoisotopic (exact) mass is 400 g/mol. The van der Waals surface area contributed by atoms with Crippen molar-refractivity contribution in [2.45, 2.75) is 96.8 Å². The van der Waals surface area contributed by atoms with Crippen LogP contribution in [-0.4, -0.2) is 22.2 Å². The van der Waals surface area contributed by atoms with Gasteiger partial charge in [0, 0.05) is 0 Å². The molecule has 0 spiro atoms.